The Hall–Kier alpha value is -3.91. The van der Waals surface area contributed by atoms with Crippen LogP contribution in [0.4, 0.5) is 5.82 Å². The number of amides is 1. The molecule has 34 heavy (non-hydrogen) atoms. The van der Waals surface area contributed by atoms with Gasteiger partial charge in [0.15, 0.2) is 0 Å². The number of carbonyl (C=O) groups is 1. The highest BCUT2D eigenvalue weighted by atomic mass is 16.1. The molecule has 1 fully saturated rings. The molecule has 1 aliphatic heterocycles. The second kappa shape index (κ2) is 9.93. The molecule has 4 aromatic heterocycles. The molecule has 1 aliphatic rings. The first kappa shape index (κ1) is 21.9. The Morgan fingerprint density at radius 1 is 1.03 bits per heavy atom. The minimum absolute atomic E-state index is 0.229. The van der Waals surface area contributed by atoms with Crippen LogP contribution < -0.4 is 5.32 Å². The van der Waals surface area contributed by atoms with Gasteiger partial charge >= 0.3 is 0 Å². The van der Waals surface area contributed by atoms with Gasteiger partial charge < -0.3 is 10.2 Å². The van der Waals surface area contributed by atoms with Gasteiger partial charge in [0.05, 0.1) is 23.1 Å². The molecular weight excluding hydrogens is 426 g/mol. The van der Waals surface area contributed by atoms with Crippen LogP contribution in [0.15, 0.2) is 67.3 Å². The van der Waals surface area contributed by atoms with Gasteiger partial charge in [0.25, 0.3) is 5.91 Å². The molecule has 1 saturated heterocycles. The molecule has 172 valence electrons. The third-order valence-electron chi connectivity index (χ3n) is 6.05. The maximum atomic E-state index is 12.6. The van der Waals surface area contributed by atoms with Gasteiger partial charge in [-0.05, 0) is 75.3 Å². The molecule has 0 atom stereocenters. The number of aryl methyl sites for hydroxylation is 1. The number of carbonyl (C=O) groups excluding carboxylic acids is 1. The Balaban J connectivity index is 1.21. The molecule has 5 heterocycles. The smallest absolute Gasteiger partial charge is 0.258 e. The fraction of sp³-hybridized carbons (Fsp3) is 0.269. The molecule has 1 amide bonds. The van der Waals surface area contributed by atoms with Crippen molar-refractivity contribution in [1.82, 2.24) is 29.6 Å². The van der Waals surface area contributed by atoms with Gasteiger partial charge in [-0.25, -0.2) is 9.67 Å². The van der Waals surface area contributed by atoms with Crippen LogP contribution in [0.3, 0.4) is 0 Å². The van der Waals surface area contributed by atoms with Crippen LogP contribution in [-0.2, 0) is 6.42 Å². The number of anilines is 1. The summed E-state index contributed by atoms with van der Waals surface area (Å²) in [5.74, 6) is 0.247. The van der Waals surface area contributed by atoms with Crippen LogP contribution in [0.2, 0.25) is 0 Å². The average molecular weight is 454 g/mol. The molecule has 5 rings (SSSR count). The zero-order chi connectivity index (χ0) is 23.3. The Kier molecular flexibility index (Phi) is 6.40. The van der Waals surface area contributed by atoms with Crippen LogP contribution >= 0.6 is 0 Å². The topological polar surface area (TPSA) is 88.8 Å². The highest BCUT2D eigenvalue weighted by Crippen LogP contribution is 2.21. The number of rotatable bonds is 7. The molecule has 0 aliphatic carbocycles. The first-order chi connectivity index (χ1) is 16.7. The standard InChI is InChI=1S/C26H27N7O/c1-19-15-24(20-5-4-11-27-16-20)31-33(19)23-8-9-25(29-18-23)30-26(34)21-6-7-22(28-17-21)10-14-32-12-2-3-13-32/h4-9,11,15-18H,2-3,10,12-14H2,1H3,(H,29,30,34). The number of aromatic nitrogens is 5. The lowest BCUT2D eigenvalue weighted by atomic mass is 10.2. The van der Waals surface area contributed by atoms with Gasteiger partial charge in [-0.3, -0.25) is 14.8 Å². The SMILES string of the molecule is Cc1cc(-c2cccnc2)nn1-c1ccc(NC(=O)c2ccc(CCN3CCCC3)nc2)nc1. The Morgan fingerprint density at radius 3 is 2.62 bits per heavy atom. The number of nitrogens with one attached hydrogen (secondary N) is 1. The normalized spacial score (nSPS) is 13.8. The van der Waals surface area contributed by atoms with Crippen LogP contribution in [0.5, 0.6) is 0 Å². The molecule has 0 spiro atoms. The van der Waals surface area contributed by atoms with E-state index in [4.69, 9.17) is 0 Å². The van der Waals surface area contributed by atoms with E-state index in [1.165, 1.54) is 25.9 Å². The zero-order valence-electron chi connectivity index (χ0n) is 19.2. The highest BCUT2D eigenvalue weighted by molar-refractivity contribution is 6.03. The van der Waals surface area contributed by atoms with Crippen molar-refractivity contribution < 1.29 is 4.79 Å². The summed E-state index contributed by atoms with van der Waals surface area (Å²) < 4.78 is 1.83. The van der Waals surface area contributed by atoms with Gasteiger partial charge in [0, 0.05) is 48.5 Å². The summed E-state index contributed by atoms with van der Waals surface area (Å²) in [6, 6.07) is 13.3. The Morgan fingerprint density at radius 2 is 1.91 bits per heavy atom. The summed E-state index contributed by atoms with van der Waals surface area (Å²) >= 11 is 0. The molecule has 0 bridgehead atoms. The summed E-state index contributed by atoms with van der Waals surface area (Å²) in [4.78, 5) is 28.1. The summed E-state index contributed by atoms with van der Waals surface area (Å²) in [6.07, 6.45) is 10.3. The summed E-state index contributed by atoms with van der Waals surface area (Å²) in [5.41, 5.74) is 5.12. The predicted octanol–water partition coefficient (Wildman–Crippen LogP) is 3.92. The lowest BCUT2D eigenvalue weighted by molar-refractivity contribution is 0.102. The number of nitrogens with zero attached hydrogens (tertiary/aromatic N) is 6. The van der Waals surface area contributed by atoms with E-state index in [2.05, 4.69) is 30.3 Å². The number of pyridine rings is 3. The summed E-state index contributed by atoms with van der Waals surface area (Å²) in [6.45, 7) is 5.37. The zero-order valence-corrected chi connectivity index (χ0v) is 19.2. The van der Waals surface area contributed by atoms with Crippen molar-refractivity contribution in [2.45, 2.75) is 26.2 Å². The number of hydrogen-bond donors (Lipinski definition) is 1. The third kappa shape index (κ3) is 5.02. The lowest BCUT2D eigenvalue weighted by Gasteiger charge is -2.13. The molecule has 8 heteroatoms. The Labute approximate surface area is 198 Å². The fourth-order valence-corrected chi connectivity index (χ4v) is 4.15. The van der Waals surface area contributed by atoms with Crippen molar-refractivity contribution >= 4 is 11.7 Å². The Bertz CT molecular complexity index is 1240. The molecule has 0 unspecified atom stereocenters. The number of likely N-dealkylation sites (tertiary alicyclic amines) is 1. The van der Waals surface area contributed by atoms with Crippen molar-refractivity contribution in [2.24, 2.45) is 0 Å². The second-order valence-electron chi connectivity index (χ2n) is 8.52. The van der Waals surface area contributed by atoms with Crippen LogP contribution in [0.25, 0.3) is 16.9 Å². The van der Waals surface area contributed by atoms with Gasteiger partial charge in [-0.15, -0.1) is 0 Å². The van der Waals surface area contributed by atoms with E-state index in [1.807, 2.05) is 48.0 Å². The first-order valence-corrected chi connectivity index (χ1v) is 11.6. The van der Waals surface area contributed by atoms with Crippen molar-refractivity contribution in [3.63, 3.8) is 0 Å². The van der Waals surface area contributed by atoms with Crippen LogP contribution in [0, 0.1) is 6.92 Å². The minimum Gasteiger partial charge on any atom is -0.307 e. The molecule has 8 nitrogen and oxygen atoms in total. The van der Waals surface area contributed by atoms with Gasteiger partial charge in [0.1, 0.15) is 5.82 Å². The van der Waals surface area contributed by atoms with Crippen molar-refractivity contribution in [1.29, 1.82) is 0 Å². The van der Waals surface area contributed by atoms with Crippen molar-refractivity contribution in [2.75, 3.05) is 25.0 Å². The lowest BCUT2D eigenvalue weighted by Crippen LogP contribution is -2.22. The molecule has 0 radical (unpaired) electrons. The maximum absolute atomic E-state index is 12.6. The maximum Gasteiger partial charge on any atom is 0.258 e. The first-order valence-electron chi connectivity index (χ1n) is 11.6. The monoisotopic (exact) mass is 453 g/mol. The summed E-state index contributed by atoms with van der Waals surface area (Å²) in [7, 11) is 0. The van der Waals surface area contributed by atoms with Gasteiger partial charge in [-0.1, -0.05) is 0 Å². The summed E-state index contributed by atoms with van der Waals surface area (Å²) in [5, 5.41) is 7.52. The largest absolute Gasteiger partial charge is 0.307 e. The van der Waals surface area contributed by atoms with Crippen molar-refractivity contribution in [3.05, 3.63) is 84.2 Å². The molecule has 1 N–H and O–H groups in total. The molecule has 4 aromatic rings. The van der Waals surface area contributed by atoms with E-state index in [0.717, 1.165) is 41.3 Å². The fourth-order valence-electron chi connectivity index (χ4n) is 4.15. The minimum atomic E-state index is -0.229. The molecule has 0 aromatic carbocycles. The third-order valence-corrected chi connectivity index (χ3v) is 6.05. The highest BCUT2D eigenvalue weighted by Gasteiger charge is 2.13. The van der Waals surface area contributed by atoms with Crippen LogP contribution in [0.1, 0.15) is 34.6 Å². The van der Waals surface area contributed by atoms with E-state index in [9.17, 15) is 4.79 Å². The van der Waals surface area contributed by atoms with E-state index >= 15 is 0 Å². The van der Waals surface area contributed by atoms with Gasteiger partial charge in [0.2, 0.25) is 0 Å². The van der Waals surface area contributed by atoms with Crippen molar-refractivity contribution in [3.8, 4) is 16.9 Å². The van der Waals surface area contributed by atoms with Crippen LogP contribution in [-0.4, -0.2) is 55.2 Å². The predicted molar refractivity (Wildman–Crippen MR) is 131 cm³/mol. The number of hydrogen-bond acceptors (Lipinski definition) is 6. The molecular formula is C26H27N7O. The van der Waals surface area contributed by atoms with Gasteiger partial charge in [-0.2, -0.15) is 5.10 Å². The van der Waals surface area contributed by atoms with E-state index < -0.39 is 0 Å². The van der Waals surface area contributed by atoms with E-state index in [1.54, 1.807) is 30.9 Å². The van der Waals surface area contributed by atoms with E-state index in [0.29, 0.717) is 11.4 Å². The second-order valence-corrected chi connectivity index (χ2v) is 8.52. The quantitative estimate of drug-likeness (QED) is 0.456. The van der Waals surface area contributed by atoms with E-state index in [-0.39, 0.29) is 5.91 Å². The molecule has 0 saturated carbocycles. The average Bonchev–Trinajstić information content (AvgIpc) is 3.54.